The van der Waals surface area contributed by atoms with E-state index in [1.165, 1.54) is 4.90 Å². The van der Waals surface area contributed by atoms with Crippen molar-refractivity contribution in [1.29, 1.82) is 0 Å². The number of nitrogens with zero attached hydrogens (tertiary/aromatic N) is 3. The zero-order valence-electron chi connectivity index (χ0n) is 21.3. The van der Waals surface area contributed by atoms with Crippen LogP contribution in [0.4, 0.5) is 4.79 Å². The standard InChI is InChI=1S/C26H38N4O4/c1-7-34-25(32)23-21(16-29-12-13-30(19(5)15-29)22(31)14-17(2)3)28(6)26(33)27-24(23)20-10-8-18(4)9-11-20/h8-11,17,19,24H,7,12-16H2,1-6H3,(H,27,33)/t19-,24+/m0/s1. The maximum Gasteiger partial charge on any atom is 0.338 e. The predicted molar refractivity (Wildman–Crippen MR) is 131 cm³/mol. The lowest BCUT2D eigenvalue weighted by atomic mass is 9.93. The van der Waals surface area contributed by atoms with Gasteiger partial charge >= 0.3 is 12.0 Å². The number of likely N-dealkylation sites (N-methyl/N-ethyl adjacent to an activating group) is 1. The van der Waals surface area contributed by atoms with Crippen molar-refractivity contribution in [2.75, 3.05) is 39.8 Å². The molecule has 1 fully saturated rings. The molecule has 1 aromatic carbocycles. The lowest BCUT2D eigenvalue weighted by molar-refractivity contribution is -0.139. The van der Waals surface area contributed by atoms with Gasteiger partial charge in [-0.25, -0.2) is 9.59 Å². The van der Waals surface area contributed by atoms with E-state index in [2.05, 4.69) is 31.0 Å². The first-order chi connectivity index (χ1) is 16.1. The van der Waals surface area contributed by atoms with E-state index in [4.69, 9.17) is 4.74 Å². The van der Waals surface area contributed by atoms with Gasteiger partial charge in [0.1, 0.15) is 0 Å². The summed E-state index contributed by atoms with van der Waals surface area (Å²) in [6.07, 6.45) is 0.545. The summed E-state index contributed by atoms with van der Waals surface area (Å²) in [6.45, 7) is 12.6. The SMILES string of the molecule is CCOC(=O)C1=C(CN2CCN(C(=O)CC(C)C)[C@@H](C)C2)N(C)C(=O)N[C@@H]1c1ccc(C)cc1. The highest BCUT2D eigenvalue weighted by Crippen LogP contribution is 2.32. The van der Waals surface area contributed by atoms with Crippen molar-refractivity contribution in [3.05, 3.63) is 46.7 Å². The molecule has 2 aliphatic heterocycles. The minimum Gasteiger partial charge on any atom is -0.463 e. The molecular weight excluding hydrogens is 432 g/mol. The van der Waals surface area contributed by atoms with Crippen molar-refractivity contribution in [2.24, 2.45) is 5.92 Å². The molecule has 8 nitrogen and oxygen atoms in total. The Hall–Kier alpha value is -2.87. The summed E-state index contributed by atoms with van der Waals surface area (Å²) < 4.78 is 5.42. The lowest BCUT2D eigenvalue weighted by Crippen LogP contribution is -2.56. The third-order valence-electron chi connectivity index (χ3n) is 6.47. The van der Waals surface area contributed by atoms with E-state index in [1.54, 1.807) is 14.0 Å². The number of ether oxygens (including phenoxy) is 1. The van der Waals surface area contributed by atoms with E-state index in [1.807, 2.05) is 36.1 Å². The quantitative estimate of drug-likeness (QED) is 0.620. The van der Waals surface area contributed by atoms with Crippen LogP contribution in [-0.2, 0) is 14.3 Å². The smallest absolute Gasteiger partial charge is 0.338 e. The number of urea groups is 1. The molecule has 3 amide bonds. The summed E-state index contributed by atoms with van der Waals surface area (Å²) in [5, 5.41) is 2.96. The fourth-order valence-electron chi connectivity index (χ4n) is 4.63. The number of piperazine rings is 1. The van der Waals surface area contributed by atoms with Crippen molar-refractivity contribution in [3.8, 4) is 0 Å². The minimum atomic E-state index is -0.579. The zero-order chi connectivity index (χ0) is 25.0. The minimum absolute atomic E-state index is 0.0577. The van der Waals surface area contributed by atoms with E-state index in [0.717, 1.165) is 11.1 Å². The first-order valence-corrected chi connectivity index (χ1v) is 12.1. The van der Waals surface area contributed by atoms with Crippen LogP contribution in [0.15, 0.2) is 35.5 Å². The van der Waals surface area contributed by atoms with Crippen LogP contribution >= 0.6 is 0 Å². The van der Waals surface area contributed by atoms with Crippen LogP contribution in [0.25, 0.3) is 0 Å². The summed E-state index contributed by atoms with van der Waals surface area (Å²) in [6, 6.07) is 7.03. The second-order valence-corrected chi connectivity index (χ2v) is 9.70. The topological polar surface area (TPSA) is 82.2 Å². The van der Waals surface area contributed by atoms with Gasteiger partial charge in [0.15, 0.2) is 0 Å². The Labute approximate surface area is 202 Å². The van der Waals surface area contributed by atoms with Gasteiger partial charge in [0, 0.05) is 51.4 Å². The molecule has 34 heavy (non-hydrogen) atoms. The van der Waals surface area contributed by atoms with Crippen molar-refractivity contribution in [1.82, 2.24) is 20.0 Å². The summed E-state index contributed by atoms with van der Waals surface area (Å²) in [4.78, 5) is 44.3. The Bertz CT molecular complexity index is 941. The fourth-order valence-corrected chi connectivity index (χ4v) is 4.63. The predicted octanol–water partition coefficient (Wildman–Crippen LogP) is 3.09. The summed E-state index contributed by atoms with van der Waals surface area (Å²) in [5.74, 6) is 0.0824. The van der Waals surface area contributed by atoms with Gasteiger partial charge in [-0.05, 0) is 32.3 Å². The maximum absolute atomic E-state index is 13.1. The molecule has 0 saturated carbocycles. The molecule has 1 aromatic rings. The molecule has 3 rings (SSSR count). The summed E-state index contributed by atoms with van der Waals surface area (Å²) >= 11 is 0. The Balaban J connectivity index is 1.89. The van der Waals surface area contributed by atoms with Crippen LogP contribution in [0.5, 0.6) is 0 Å². The number of rotatable bonds is 7. The third-order valence-corrected chi connectivity index (χ3v) is 6.47. The maximum atomic E-state index is 13.1. The van der Waals surface area contributed by atoms with Gasteiger partial charge in [0.2, 0.25) is 5.91 Å². The second kappa shape index (κ2) is 11.0. The Morgan fingerprint density at radius 1 is 1.18 bits per heavy atom. The Morgan fingerprint density at radius 2 is 1.85 bits per heavy atom. The molecule has 2 atom stereocenters. The highest BCUT2D eigenvalue weighted by Gasteiger charge is 2.38. The third kappa shape index (κ3) is 5.78. The monoisotopic (exact) mass is 470 g/mol. The first kappa shape index (κ1) is 25.7. The largest absolute Gasteiger partial charge is 0.463 e. The Kier molecular flexibility index (Phi) is 8.36. The molecule has 1 N–H and O–H groups in total. The van der Waals surface area contributed by atoms with Gasteiger partial charge in [0.25, 0.3) is 0 Å². The number of hydrogen-bond donors (Lipinski definition) is 1. The second-order valence-electron chi connectivity index (χ2n) is 9.70. The molecular formula is C26H38N4O4. The zero-order valence-corrected chi connectivity index (χ0v) is 21.3. The number of hydrogen-bond acceptors (Lipinski definition) is 5. The van der Waals surface area contributed by atoms with Crippen LogP contribution in [0, 0.1) is 12.8 Å². The number of amides is 3. The normalized spacial score (nSPS) is 21.7. The Morgan fingerprint density at radius 3 is 2.44 bits per heavy atom. The average molecular weight is 471 g/mol. The molecule has 0 aliphatic carbocycles. The number of benzene rings is 1. The van der Waals surface area contributed by atoms with Gasteiger partial charge in [-0.1, -0.05) is 43.7 Å². The number of esters is 1. The van der Waals surface area contributed by atoms with Crippen molar-refractivity contribution >= 4 is 17.9 Å². The average Bonchev–Trinajstić information content (AvgIpc) is 2.77. The number of carbonyl (C=O) groups is 3. The van der Waals surface area contributed by atoms with Crippen molar-refractivity contribution in [2.45, 2.75) is 53.1 Å². The fraction of sp³-hybridized carbons (Fsp3) is 0.577. The molecule has 0 bridgehead atoms. The van der Waals surface area contributed by atoms with Gasteiger partial charge in [-0.15, -0.1) is 0 Å². The molecule has 8 heteroatoms. The van der Waals surface area contributed by atoms with Crippen LogP contribution in [0.1, 0.15) is 51.3 Å². The molecule has 2 heterocycles. The molecule has 1 saturated heterocycles. The van der Waals surface area contributed by atoms with E-state index in [0.29, 0.717) is 49.8 Å². The molecule has 0 spiro atoms. The van der Waals surface area contributed by atoms with E-state index >= 15 is 0 Å². The van der Waals surface area contributed by atoms with Crippen LogP contribution in [-0.4, -0.2) is 78.5 Å². The van der Waals surface area contributed by atoms with E-state index in [-0.39, 0.29) is 24.6 Å². The first-order valence-electron chi connectivity index (χ1n) is 12.1. The van der Waals surface area contributed by atoms with Crippen molar-refractivity contribution in [3.63, 3.8) is 0 Å². The van der Waals surface area contributed by atoms with Gasteiger partial charge in [-0.2, -0.15) is 0 Å². The molecule has 0 unspecified atom stereocenters. The van der Waals surface area contributed by atoms with Crippen LogP contribution < -0.4 is 5.32 Å². The van der Waals surface area contributed by atoms with E-state index < -0.39 is 12.0 Å². The summed E-state index contributed by atoms with van der Waals surface area (Å²) in [7, 11) is 1.68. The molecule has 2 aliphatic rings. The number of aryl methyl sites for hydroxylation is 1. The van der Waals surface area contributed by atoms with Gasteiger partial charge in [-0.3, -0.25) is 14.6 Å². The molecule has 186 valence electrons. The van der Waals surface area contributed by atoms with Gasteiger partial charge in [0.05, 0.1) is 18.2 Å². The highest BCUT2D eigenvalue weighted by atomic mass is 16.5. The van der Waals surface area contributed by atoms with Crippen LogP contribution in [0.3, 0.4) is 0 Å². The summed E-state index contributed by atoms with van der Waals surface area (Å²) in [5.41, 5.74) is 3.04. The van der Waals surface area contributed by atoms with Gasteiger partial charge < -0.3 is 15.0 Å². The van der Waals surface area contributed by atoms with Crippen molar-refractivity contribution < 1.29 is 19.1 Å². The lowest BCUT2D eigenvalue weighted by Gasteiger charge is -2.42. The van der Waals surface area contributed by atoms with Crippen LogP contribution in [0.2, 0.25) is 0 Å². The molecule has 0 radical (unpaired) electrons. The highest BCUT2D eigenvalue weighted by molar-refractivity contribution is 5.95. The number of nitrogens with one attached hydrogen (secondary N) is 1. The molecule has 0 aromatic heterocycles. The van der Waals surface area contributed by atoms with E-state index in [9.17, 15) is 14.4 Å². The number of carbonyl (C=O) groups excluding carboxylic acids is 3.